The van der Waals surface area contributed by atoms with Crippen LogP contribution in [0.5, 0.6) is 5.75 Å². The number of aromatic carboxylic acids is 1. The number of hydrazine groups is 1. The zero-order chi connectivity index (χ0) is 11.4. The number of nitrogens with zero attached hydrogens (tertiary/aromatic N) is 1. The van der Waals surface area contributed by atoms with Gasteiger partial charge in [-0.15, -0.1) is 0 Å². The molecule has 0 radical (unpaired) electrons. The third-order valence-corrected chi connectivity index (χ3v) is 1.88. The molecule has 0 saturated carbocycles. The number of carboxylic acids is 1. The number of nitrogen functional groups attached to an aromatic ring is 1. The van der Waals surface area contributed by atoms with Gasteiger partial charge in [-0.2, -0.15) is 0 Å². The normalized spacial score (nSPS) is 9.47. The van der Waals surface area contributed by atoms with Gasteiger partial charge in [-0.05, 0) is 18.9 Å². The summed E-state index contributed by atoms with van der Waals surface area (Å²) in [6.07, 6.45) is 0. The van der Waals surface area contributed by atoms with Crippen molar-refractivity contribution in [2.24, 2.45) is 10.8 Å². The maximum Gasteiger partial charge on any atom is 0.339 e. The van der Waals surface area contributed by atoms with E-state index in [0.29, 0.717) is 5.69 Å². The first-order valence-electron chi connectivity index (χ1n) is 4.03. The predicted molar refractivity (Wildman–Crippen MR) is 57.0 cm³/mol. The molecule has 0 saturated heterocycles. The van der Waals surface area contributed by atoms with E-state index in [9.17, 15) is 4.79 Å². The molecule has 0 aliphatic heterocycles. The minimum Gasteiger partial charge on any atom is -0.493 e. The summed E-state index contributed by atoms with van der Waals surface area (Å²) in [6, 6.07) is 2.88. The molecule has 0 amide bonds. The number of nitrogens with two attached hydrogens (primary N) is 1. The summed E-state index contributed by atoms with van der Waals surface area (Å²) in [5.41, 5.74) is 3.12. The molecular weight excluding hydrogens is 198 g/mol. The summed E-state index contributed by atoms with van der Waals surface area (Å²) in [5, 5.41) is 8.89. The Balaban J connectivity index is 3.47. The molecule has 1 rings (SSSR count). The molecule has 0 bridgehead atoms. The average Bonchev–Trinajstić information content (AvgIpc) is 2.26. The number of nitrogens with one attached hydrogen (secondary N) is 1. The number of methoxy groups -OCH3 is 1. The Labute approximate surface area is 86.4 Å². The monoisotopic (exact) mass is 209 g/mol. The van der Waals surface area contributed by atoms with Crippen LogP contribution in [-0.4, -0.2) is 24.9 Å². The summed E-state index contributed by atoms with van der Waals surface area (Å²) in [4.78, 5) is 14.5. The van der Waals surface area contributed by atoms with Gasteiger partial charge in [0.25, 0.3) is 0 Å². The fourth-order valence-electron chi connectivity index (χ4n) is 1.22. The van der Waals surface area contributed by atoms with Crippen molar-refractivity contribution in [3.63, 3.8) is 0 Å². The summed E-state index contributed by atoms with van der Waals surface area (Å²) < 4.78 is 4.96. The van der Waals surface area contributed by atoms with Crippen LogP contribution in [0, 0.1) is 0 Å². The van der Waals surface area contributed by atoms with E-state index >= 15 is 0 Å². The fraction of sp³-hybridized carbons (Fsp3) is 0.111. The van der Waals surface area contributed by atoms with Crippen molar-refractivity contribution in [2.45, 2.75) is 0 Å². The molecule has 6 nitrogen and oxygen atoms in total. The largest absolute Gasteiger partial charge is 0.493 e. The maximum absolute atomic E-state index is 10.9. The van der Waals surface area contributed by atoms with E-state index in [2.05, 4.69) is 17.1 Å². The molecule has 1 aromatic rings. The quantitative estimate of drug-likeness (QED) is 0.390. The number of carboxylic acid groups (broad SMARTS) is 1. The Morgan fingerprint density at radius 2 is 2.33 bits per heavy atom. The second kappa shape index (κ2) is 4.43. The second-order valence-electron chi connectivity index (χ2n) is 2.65. The number of hydrogen-bond donors (Lipinski definition) is 3. The van der Waals surface area contributed by atoms with Crippen LogP contribution < -0.4 is 16.0 Å². The Morgan fingerprint density at radius 3 is 2.73 bits per heavy atom. The topological polar surface area (TPSA) is 96.9 Å². The van der Waals surface area contributed by atoms with Crippen LogP contribution >= 0.6 is 0 Å². The summed E-state index contributed by atoms with van der Waals surface area (Å²) >= 11 is 0. The summed E-state index contributed by atoms with van der Waals surface area (Å²) in [6.45, 7) is 3.33. The molecule has 80 valence electrons. The minimum atomic E-state index is -1.10. The molecule has 0 atom stereocenters. The van der Waals surface area contributed by atoms with Gasteiger partial charge in [-0.25, -0.2) is 4.79 Å². The molecule has 0 spiro atoms. The summed E-state index contributed by atoms with van der Waals surface area (Å²) in [7, 11) is 1.36. The highest BCUT2D eigenvalue weighted by molar-refractivity contribution is 5.95. The van der Waals surface area contributed by atoms with E-state index < -0.39 is 5.97 Å². The van der Waals surface area contributed by atoms with Crippen LogP contribution in [0.3, 0.4) is 0 Å². The molecule has 1 aromatic carbocycles. The van der Waals surface area contributed by atoms with E-state index in [1.807, 2.05) is 0 Å². The van der Waals surface area contributed by atoms with Gasteiger partial charge in [0, 0.05) is 0 Å². The van der Waals surface area contributed by atoms with Gasteiger partial charge in [-0.3, -0.25) is 10.8 Å². The molecular formula is C9H11N3O3. The van der Waals surface area contributed by atoms with Crippen molar-refractivity contribution >= 4 is 24.1 Å². The van der Waals surface area contributed by atoms with E-state index in [4.69, 9.17) is 15.7 Å². The standard InChI is InChI=1S/C9H11N3O3/c1-11-7-6(12-10)4-3-5(9(13)14)8(7)15-2/h3-4,12H,1,10H2,2H3,(H,13,14). The molecule has 0 fully saturated rings. The molecule has 0 unspecified atom stereocenters. The van der Waals surface area contributed by atoms with Crippen molar-refractivity contribution in [2.75, 3.05) is 12.5 Å². The highest BCUT2D eigenvalue weighted by Crippen LogP contribution is 2.37. The zero-order valence-corrected chi connectivity index (χ0v) is 8.15. The number of benzene rings is 1. The minimum absolute atomic E-state index is 0.0129. The lowest BCUT2D eigenvalue weighted by Crippen LogP contribution is -2.09. The zero-order valence-electron chi connectivity index (χ0n) is 8.15. The molecule has 4 N–H and O–H groups in total. The fourth-order valence-corrected chi connectivity index (χ4v) is 1.22. The summed E-state index contributed by atoms with van der Waals surface area (Å²) in [5.74, 6) is 4.27. The smallest absolute Gasteiger partial charge is 0.339 e. The predicted octanol–water partition coefficient (Wildman–Crippen LogP) is 1.01. The Morgan fingerprint density at radius 1 is 1.67 bits per heavy atom. The second-order valence-corrected chi connectivity index (χ2v) is 2.65. The molecule has 15 heavy (non-hydrogen) atoms. The van der Waals surface area contributed by atoms with Gasteiger partial charge in [0.2, 0.25) is 0 Å². The van der Waals surface area contributed by atoms with E-state index in [1.54, 1.807) is 0 Å². The van der Waals surface area contributed by atoms with E-state index in [1.165, 1.54) is 19.2 Å². The van der Waals surface area contributed by atoms with Crippen molar-refractivity contribution in [1.82, 2.24) is 0 Å². The lowest BCUT2D eigenvalue weighted by molar-refractivity contribution is 0.0693. The van der Waals surface area contributed by atoms with Crippen molar-refractivity contribution in [1.29, 1.82) is 0 Å². The average molecular weight is 209 g/mol. The van der Waals surface area contributed by atoms with Crippen molar-refractivity contribution < 1.29 is 14.6 Å². The van der Waals surface area contributed by atoms with Crippen LogP contribution in [0.25, 0.3) is 0 Å². The Hall–Kier alpha value is -2.08. The van der Waals surface area contributed by atoms with Gasteiger partial charge < -0.3 is 15.3 Å². The number of rotatable bonds is 4. The van der Waals surface area contributed by atoms with Gasteiger partial charge in [-0.1, -0.05) is 0 Å². The number of ether oxygens (including phenoxy) is 1. The van der Waals surface area contributed by atoms with Crippen LogP contribution in [-0.2, 0) is 0 Å². The first-order valence-corrected chi connectivity index (χ1v) is 4.03. The van der Waals surface area contributed by atoms with Gasteiger partial charge in [0.1, 0.15) is 11.3 Å². The van der Waals surface area contributed by atoms with Crippen LogP contribution in [0.1, 0.15) is 10.4 Å². The van der Waals surface area contributed by atoms with Crippen LogP contribution in [0.15, 0.2) is 17.1 Å². The van der Waals surface area contributed by atoms with Gasteiger partial charge >= 0.3 is 5.97 Å². The van der Waals surface area contributed by atoms with E-state index in [-0.39, 0.29) is 17.0 Å². The van der Waals surface area contributed by atoms with Gasteiger partial charge in [0.05, 0.1) is 12.8 Å². The molecule has 6 heteroatoms. The Kier molecular flexibility index (Phi) is 3.25. The number of anilines is 1. The molecule has 0 aliphatic rings. The van der Waals surface area contributed by atoms with Crippen LogP contribution in [0.4, 0.5) is 11.4 Å². The first kappa shape index (κ1) is 11.0. The van der Waals surface area contributed by atoms with Crippen molar-refractivity contribution in [3.05, 3.63) is 17.7 Å². The molecule has 0 aromatic heterocycles. The lowest BCUT2D eigenvalue weighted by Gasteiger charge is -2.11. The first-order chi connectivity index (χ1) is 7.15. The third kappa shape index (κ3) is 1.89. The highest BCUT2D eigenvalue weighted by atomic mass is 16.5. The number of hydrogen-bond acceptors (Lipinski definition) is 5. The Bertz CT molecular complexity index is 404. The molecule has 0 heterocycles. The number of aliphatic imine (C=N–C) groups is 1. The number of carbonyl (C=O) groups is 1. The third-order valence-electron chi connectivity index (χ3n) is 1.88. The lowest BCUT2D eigenvalue weighted by atomic mass is 10.1. The van der Waals surface area contributed by atoms with Crippen molar-refractivity contribution in [3.8, 4) is 5.75 Å². The molecule has 0 aliphatic carbocycles. The van der Waals surface area contributed by atoms with Gasteiger partial charge in [0.15, 0.2) is 5.75 Å². The van der Waals surface area contributed by atoms with E-state index in [0.717, 1.165) is 0 Å². The maximum atomic E-state index is 10.9. The SMILES string of the molecule is C=Nc1c(NN)ccc(C(=O)O)c1OC. The van der Waals surface area contributed by atoms with Crippen LogP contribution in [0.2, 0.25) is 0 Å². The highest BCUT2D eigenvalue weighted by Gasteiger charge is 2.17.